The first kappa shape index (κ1) is 20.1. The fraction of sp³-hybridized carbons (Fsp3) is 0.333. The average Bonchev–Trinajstić information content (AvgIpc) is 3.10. The Bertz CT molecular complexity index is 955. The van der Waals surface area contributed by atoms with Gasteiger partial charge in [0.2, 0.25) is 5.91 Å². The molecule has 0 aliphatic carbocycles. The number of nitrogens with one attached hydrogen (secondary N) is 1. The zero-order valence-electron chi connectivity index (χ0n) is 16.6. The number of benzene rings is 1. The molecule has 0 saturated carbocycles. The van der Waals surface area contributed by atoms with Gasteiger partial charge in [-0.05, 0) is 51.0 Å². The second kappa shape index (κ2) is 9.01. The molecule has 28 heavy (non-hydrogen) atoms. The molecule has 0 bridgehead atoms. The minimum Gasteiger partial charge on any atom is -0.353 e. The van der Waals surface area contributed by atoms with Crippen LogP contribution in [0.1, 0.15) is 31.4 Å². The number of amides is 1. The predicted octanol–water partition coefficient (Wildman–Crippen LogP) is 3.95. The fourth-order valence-corrected chi connectivity index (χ4v) is 3.60. The van der Waals surface area contributed by atoms with Crippen molar-refractivity contribution in [3.05, 3.63) is 53.7 Å². The van der Waals surface area contributed by atoms with E-state index in [1.54, 1.807) is 6.20 Å². The van der Waals surface area contributed by atoms with Gasteiger partial charge in [0.15, 0.2) is 11.0 Å². The van der Waals surface area contributed by atoms with Crippen LogP contribution in [0.15, 0.2) is 47.8 Å². The highest BCUT2D eigenvalue weighted by atomic mass is 32.2. The topological polar surface area (TPSA) is 72.7 Å². The molecule has 3 aromatic rings. The first-order chi connectivity index (χ1) is 13.5. The van der Waals surface area contributed by atoms with E-state index in [-0.39, 0.29) is 17.7 Å². The minimum atomic E-state index is -0.00564. The van der Waals surface area contributed by atoms with Crippen LogP contribution in [-0.4, -0.2) is 37.5 Å². The summed E-state index contributed by atoms with van der Waals surface area (Å²) >= 11 is 1.38. The first-order valence-electron chi connectivity index (χ1n) is 9.36. The predicted molar refractivity (Wildman–Crippen MR) is 113 cm³/mol. The summed E-state index contributed by atoms with van der Waals surface area (Å²) in [6.07, 6.45) is 2.64. The van der Waals surface area contributed by atoms with Crippen molar-refractivity contribution in [2.45, 2.75) is 45.3 Å². The molecular formula is C21H25N5OS. The summed E-state index contributed by atoms with van der Waals surface area (Å²) in [6, 6.07) is 12.1. The Morgan fingerprint density at radius 2 is 2.04 bits per heavy atom. The molecule has 0 saturated heterocycles. The van der Waals surface area contributed by atoms with Gasteiger partial charge in [0.25, 0.3) is 0 Å². The first-order valence-corrected chi connectivity index (χ1v) is 10.3. The number of rotatable bonds is 7. The van der Waals surface area contributed by atoms with Gasteiger partial charge in [-0.1, -0.05) is 42.4 Å². The van der Waals surface area contributed by atoms with Crippen molar-refractivity contribution in [1.82, 2.24) is 25.1 Å². The van der Waals surface area contributed by atoms with Crippen LogP contribution >= 0.6 is 11.8 Å². The van der Waals surface area contributed by atoms with Gasteiger partial charge in [-0.2, -0.15) is 0 Å². The van der Waals surface area contributed by atoms with Gasteiger partial charge in [0, 0.05) is 12.2 Å². The van der Waals surface area contributed by atoms with Crippen molar-refractivity contribution in [3.63, 3.8) is 0 Å². The van der Waals surface area contributed by atoms with Crippen LogP contribution in [0.3, 0.4) is 0 Å². The van der Waals surface area contributed by atoms with E-state index in [4.69, 9.17) is 0 Å². The number of aryl methyl sites for hydroxylation is 2. The summed E-state index contributed by atoms with van der Waals surface area (Å²) in [4.78, 5) is 16.6. The third-order valence-corrected chi connectivity index (χ3v) is 5.40. The summed E-state index contributed by atoms with van der Waals surface area (Å²) in [7, 11) is 0. The van der Waals surface area contributed by atoms with Gasteiger partial charge in [0.1, 0.15) is 5.69 Å². The third-order valence-electron chi connectivity index (χ3n) is 4.47. The molecule has 146 valence electrons. The second-order valence-corrected chi connectivity index (χ2v) is 7.75. The number of carbonyl (C=O) groups excluding carboxylic acids is 1. The van der Waals surface area contributed by atoms with E-state index < -0.39 is 0 Å². The van der Waals surface area contributed by atoms with Crippen LogP contribution in [0.2, 0.25) is 0 Å². The quantitative estimate of drug-likeness (QED) is 0.613. The lowest BCUT2D eigenvalue weighted by Gasteiger charge is -2.14. The van der Waals surface area contributed by atoms with Gasteiger partial charge in [-0.3, -0.25) is 14.3 Å². The van der Waals surface area contributed by atoms with Crippen LogP contribution in [0.5, 0.6) is 0 Å². The molecule has 2 heterocycles. The number of hydrogen-bond acceptors (Lipinski definition) is 5. The lowest BCUT2D eigenvalue weighted by Crippen LogP contribution is -2.33. The van der Waals surface area contributed by atoms with Gasteiger partial charge in [0.05, 0.1) is 11.4 Å². The Morgan fingerprint density at radius 3 is 2.71 bits per heavy atom. The molecule has 0 spiro atoms. The summed E-state index contributed by atoms with van der Waals surface area (Å²) in [5, 5.41) is 12.4. The highest BCUT2D eigenvalue weighted by Gasteiger charge is 2.19. The molecule has 1 amide bonds. The molecule has 0 radical (unpaired) electrons. The molecule has 1 aromatic carbocycles. The van der Waals surface area contributed by atoms with E-state index in [9.17, 15) is 4.79 Å². The second-order valence-electron chi connectivity index (χ2n) is 6.81. The standard InChI is InChI=1S/C21H25N5OS/c1-5-16(4)23-19(27)13-28-21-25-24-20(17-8-6-7-11-22-17)26(21)18-10-9-14(2)12-15(18)3/h6-12,16H,5,13H2,1-4H3,(H,23,27)/t16-/m1/s1. The monoisotopic (exact) mass is 395 g/mol. The largest absolute Gasteiger partial charge is 0.353 e. The molecule has 2 aromatic heterocycles. The van der Waals surface area contributed by atoms with Crippen molar-refractivity contribution in [2.24, 2.45) is 0 Å². The SMILES string of the molecule is CC[C@@H](C)NC(=O)CSc1nnc(-c2ccccn2)n1-c1ccc(C)cc1C. The lowest BCUT2D eigenvalue weighted by atomic mass is 10.1. The lowest BCUT2D eigenvalue weighted by molar-refractivity contribution is -0.119. The van der Waals surface area contributed by atoms with E-state index in [0.29, 0.717) is 11.0 Å². The van der Waals surface area contributed by atoms with Gasteiger partial charge >= 0.3 is 0 Å². The molecule has 3 rings (SSSR count). The molecule has 0 fully saturated rings. The number of hydrogen-bond donors (Lipinski definition) is 1. The van der Waals surface area contributed by atoms with E-state index >= 15 is 0 Å². The van der Waals surface area contributed by atoms with E-state index in [2.05, 4.69) is 52.5 Å². The van der Waals surface area contributed by atoms with Crippen LogP contribution in [0.4, 0.5) is 0 Å². The molecular weight excluding hydrogens is 370 g/mol. The zero-order valence-corrected chi connectivity index (χ0v) is 17.5. The van der Waals surface area contributed by atoms with Gasteiger partial charge in [-0.15, -0.1) is 10.2 Å². The third kappa shape index (κ3) is 4.59. The molecule has 6 nitrogen and oxygen atoms in total. The molecule has 0 aliphatic rings. The number of thioether (sulfide) groups is 1. The van der Waals surface area contributed by atoms with Gasteiger partial charge in [-0.25, -0.2) is 0 Å². The fourth-order valence-electron chi connectivity index (χ4n) is 2.85. The normalized spacial score (nSPS) is 12.0. The molecule has 1 N–H and O–H groups in total. The maximum atomic E-state index is 12.2. The van der Waals surface area contributed by atoms with Crippen molar-refractivity contribution < 1.29 is 4.79 Å². The number of nitrogens with zero attached hydrogens (tertiary/aromatic N) is 4. The van der Waals surface area contributed by atoms with Gasteiger partial charge < -0.3 is 5.32 Å². The Balaban J connectivity index is 1.97. The van der Waals surface area contributed by atoms with Crippen molar-refractivity contribution >= 4 is 17.7 Å². The van der Waals surface area contributed by atoms with Crippen LogP contribution in [-0.2, 0) is 4.79 Å². The van der Waals surface area contributed by atoms with Crippen molar-refractivity contribution in [3.8, 4) is 17.2 Å². The summed E-state index contributed by atoms with van der Waals surface area (Å²) in [5.41, 5.74) is 4.03. The van der Waals surface area contributed by atoms with Crippen LogP contribution < -0.4 is 5.32 Å². The number of pyridine rings is 1. The highest BCUT2D eigenvalue weighted by Crippen LogP contribution is 2.29. The van der Waals surface area contributed by atoms with E-state index in [1.807, 2.05) is 36.6 Å². The summed E-state index contributed by atoms with van der Waals surface area (Å²) in [6.45, 7) is 8.18. The van der Waals surface area contributed by atoms with E-state index in [1.165, 1.54) is 17.3 Å². The minimum absolute atomic E-state index is 0.00564. The Hall–Kier alpha value is -2.67. The van der Waals surface area contributed by atoms with Crippen LogP contribution in [0.25, 0.3) is 17.2 Å². The Morgan fingerprint density at radius 1 is 1.21 bits per heavy atom. The smallest absolute Gasteiger partial charge is 0.230 e. The molecule has 7 heteroatoms. The Labute approximate surface area is 169 Å². The molecule has 0 unspecified atom stereocenters. The molecule has 0 aliphatic heterocycles. The van der Waals surface area contributed by atoms with Crippen molar-refractivity contribution in [2.75, 3.05) is 5.75 Å². The maximum Gasteiger partial charge on any atom is 0.230 e. The highest BCUT2D eigenvalue weighted by molar-refractivity contribution is 7.99. The summed E-state index contributed by atoms with van der Waals surface area (Å²) in [5.74, 6) is 0.946. The van der Waals surface area contributed by atoms with Crippen molar-refractivity contribution in [1.29, 1.82) is 0 Å². The van der Waals surface area contributed by atoms with Crippen LogP contribution in [0, 0.1) is 13.8 Å². The maximum absolute atomic E-state index is 12.2. The number of carbonyl (C=O) groups is 1. The molecule has 1 atom stereocenters. The average molecular weight is 396 g/mol. The zero-order chi connectivity index (χ0) is 20.1. The number of aromatic nitrogens is 4. The Kier molecular flexibility index (Phi) is 6.46. The summed E-state index contributed by atoms with van der Waals surface area (Å²) < 4.78 is 1.98. The van der Waals surface area contributed by atoms with E-state index in [0.717, 1.165) is 23.4 Å².